The quantitative estimate of drug-likeness (QED) is 0.0496. The van der Waals surface area contributed by atoms with E-state index in [1.165, 1.54) is 193 Å². The highest BCUT2D eigenvalue weighted by Crippen LogP contribution is 2.16. The number of aliphatic hydroxyl groups excluding tert-OH is 2. The van der Waals surface area contributed by atoms with Crippen molar-refractivity contribution >= 4 is 11.4 Å². The predicted octanol–water partition coefficient (Wildman–Crippen LogP) is 13.8. The first-order valence-electron chi connectivity index (χ1n) is 23.7. The van der Waals surface area contributed by atoms with E-state index in [0.717, 1.165) is 37.4 Å². The maximum atomic E-state index is 10.3. The predicted molar refractivity (Wildman–Crippen MR) is 236 cm³/mol. The molecule has 0 saturated carbocycles. The van der Waals surface area contributed by atoms with Crippen LogP contribution in [0.4, 0.5) is 11.4 Å². The molecule has 0 saturated heterocycles. The lowest BCUT2D eigenvalue weighted by Gasteiger charge is -2.15. The number of benzene rings is 1. The molecule has 0 bridgehead atoms. The van der Waals surface area contributed by atoms with Crippen LogP contribution < -0.4 is 10.6 Å². The highest BCUT2D eigenvalue weighted by Gasteiger charge is 2.07. The van der Waals surface area contributed by atoms with E-state index in [9.17, 15) is 10.2 Å². The fourth-order valence-corrected chi connectivity index (χ4v) is 7.24. The first kappa shape index (κ1) is 50.7. The van der Waals surface area contributed by atoms with Crippen LogP contribution in [0.15, 0.2) is 24.3 Å². The maximum absolute atomic E-state index is 10.3. The minimum absolute atomic E-state index is 0.366. The summed E-state index contributed by atoms with van der Waals surface area (Å²) in [4.78, 5) is 0. The van der Waals surface area contributed by atoms with Gasteiger partial charge in [0.15, 0.2) is 0 Å². The Bertz CT molecular complexity index is 785. The summed E-state index contributed by atoms with van der Waals surface area (Å²) in [7, 11) is 0. The smallest absolute Gasteiger partial charge is 0.0945 e. The standard InChI is InChI=1S/C48H92N2O4/c1-3-5-7-9-11-13-15-17-19-21-23-25-27-29-31-33-39-53-43-47(51)41-49-45-35-37-46(38-36-45)50-42-48(52)44-54-40-34-32-30-28-26-24-22-20-18-16-14-12-10-8-6-4-2/h35-38,47-52H,3-34,39-44H2,1-2H3. The molecule has 0 spiro atoms. The van der Waals surface area contributed by atoms with E-state index in [0.29, 0.717) is 26.3 Å². The Morgan fingerprint density at radius 2 is 0.593 bits per heavy atom. The summed E-state index contributed by atoms with van der Waals surface area (Å²) in [5.74, 6) is 0. The molecular weight excluding hydrogens is 669 g/mol. The van der Waals surface area contributed by atoms with Gasteiger partial charge in [-0.1, -0.05) is 206 Å². The number of rotatable bonds is 44. The monoisotopic (exact) mass is 761 g/mol. The lowest BCUT2D eigenvalue weighted by atomic mass is 10.0. The Labute approximate surface area is 336 Å². The van der Waals surface area contributed by atoms with Gasteiger partial charge in [0.25, 0.3) is 0 Å². The van der Waals surface area contributed by atoms with Gasteiger partial charge < -0.3 is 30.3 Å². The van der Waals surface area contributed by atoms with Gasteiger partial charge in [-0.05, 0) is 37.1 Å². The molecule has 6 nitrogen and oxygen atoms in total. The molecule has 0 fully saturated rings. The molecule has 2 unspecified atom stereocenters. The fraction of sp³-hybridized carbons (Fsp3) is 0.875. The van der Waals surface area contributed by atoms with Crippen molar-refractivity contribution in [3.63, 3.8) is 0 Å². The molecule has 4 N–H and O–H groups in total. The Hall–Kier alpha value is -1.34. The second-order valence-corrected chi connectivity index (χ2v) is 16.4. The molecule has 0 aliphatic carbocycles. The summed E-state index contributed by atoms with van der Waals surface area (Å²) in [5, 5.41) is 27.2. The molecule has 0 amide bonds. The number of nitrogens with one attached hydrogen (secondary N) is 2. The largest absolute Gasteiger partial charge is 0.389 e. The van der Waals surface area contributed by atoms with Gasteiger partial charge in [-0.2, -0.15) is 0 Å². The number of anilines is 2. The normalized spacial score (nSPS) is 12.7. The highest BCUT2D eigenvalue weighted by atomic mass is 16.5. The molecular formula is C48H92N2O4. The number of hydrogen-bond donors (Lipinski definition) is 4. The van der Waals surface area contributed by atoms with Crippen molar-refractivity contribution in [3.8, 4) is 0 Å². The Morgan fingerprint density at radius 3 is 0.833 bits per heavy atom. The van der Waals surface area contributed by atoms with Crippen molar-refractivity contribution in [3.05, 3.63) is 24.3 Å². The van der Waals surface area contributed by atoms with E-state index < -0.39 is 12.2 Å². The second-order valence-electron chi connectivity index (χ2n) is 16.4. The lowest BCUT2D eigenvalue weighted by molar-refractivity contribution is 0.0416. The lowest BCUT2D eigenvalue weighted by Crippen LogP contribution is -2.25. The number of aliphatic hydroxyl groups is 2. The van der Waals surface area contributed by atoms with Crippen molar-refractivity contribution in [1.82, 2.24) is 0 Å². The van der Waals surface area contributed by atoms with Crippen LogP contribution in [-0.2, 0) is 9.47 Å². The Balaban J connectivity index is 1.86. The Kier molecular flexibility index (Phi) is 38.8. The van der Waals surface area contributed by atoms with Crippen LogP contribution in [0.3, 0.4) is 0 Å². The van der Waals surface area contributed by atoms with Gasteiger partial charge in [0.05, 0.1) is 25.4 Å². The molecule has 0 aliphatic rings. The van der Waals surface area contributed by atoms with Crippen LogP contribution in [0.25, 0.3) is 0 Å². The second kappa shape index (κ2) is 41.3. The third-order valence-electron chi connectivity index (χ3n) is 10.9. The van der Waals surface area contributed by atoms with Gasteiger partial charge in [0, 0.05) is 37.7 Å². The van der Waals surface area contributed by atoms with E-state index in [2.05, 4.69) is 24.5 Å². The molecule has 0 aromatic heterocycles. The van der Waals surface area contributed by atoms with Crippen LogP contribution in [-0.4, -0.2) is 61.9 Å². The zero-order valence-corrected chi connectivity index (χ0v) is 36.0. The molecule has 1 aromatic rings. The summed E-state index contributed by atoms with van der Waals surface area (Å²) in [6, 6.07) is 7.97. The summed E-state index contributed by atoms with van der Waals surface area (Å²) in [6.45, 7) is 7.68. The molecule has 54 heavy (non-hydrogen) atoms. The summed E-state index contributed by atoms with van der Waals surface area (Å²) in [5.41, 5.74) is 1.92. The summed E-state index contributed by atoms with van der Waals surface area (Å²) in [6.07, 6.45) is 42.7. The number of ether oxygens (including phenoxy) is 2. The SMILES string of the molecule is CCCCCCCCCCCCCCCCCCOCC(O)CNc1ccc(NCC(O)COCCCCCCCCCCCCCCCCCC)cc1. The summed E-state index contributed by atoms with van der Waals surface area (Å²) >= 11 is 0. The average molecular weight is 761 g/mol. The van der Waals surface area contributed by atoms with Crippen LogP contribution in [0.5, 0.6) is 0 Å². The highest BCUT2D eigenvalue weighted by molar-refractivity contribution is 5.53. The molecule has 1 aromatic carbocycles. The van der Waals surface area contributed by atoms with E-state index in [4.69, 9.17) is 9.47 Å². The summed E-state index contributed by atoms with van der Waals surface area (Å²) < 4.78 is 11.5. The third-order valence-corrected chi connectivity index (χ3v) is 10.9. The molecule has 0 aliphatic heterocycles. The zero-order chi connectivity index (χ0) is 38.8. The van der Waals surface area contributed by atoms with Gasteiger partial charge in [0.1, 0.15) is 0 Å². The zero-order valence-electron chi connectivity index (χ0n) is 36.0. The molecule has 6 heteroatoms. The molecule has 0 radical (unpaired) electrons. The topological polar surface area (TPSA) is 83.0 Å². The van der Waals surface area contributed by atoms with Crippen molar-refractivity contribution in [2.24, 2.45) is 0 Å². The molecule has 1 rings (SSSR count). The fourth-order valence-electron chi connectivity index (χ4n) is 7.24. The van der Waals surface area contributed by atoms with Gasteiger partial charge in [-0.15, -0.1) is 0 Å². The minimum Gasteiger partial charge on any atom is -0.389 e. The first-order valence-corrected chi connectivity index (χ1v) is 23.7. The van der Waals surface area contributed by atoms with Crippen molar-refractivity contribution < 1.29 is 19.7 Å². The van der Waals surface area contributed by atoms with Gasteiger partial charge in [0.2, 0.25) is 0 Å². The van der Waals surface area contributed by atoms with Crippen LogP contribution in [0, 0.1) is 0 Å². The van der Waals surface area contributed by atoms with E-state index in [-0.39, 0.29) is 0 Å². The first-order chi connectivity index (χ1) is 26.7. The van der Waals surface area contributed by atoms with E-state index in [1.54, 1.807) is 0 Å². The molecule has 2 atom stereocenters. The van der Waals surface area contributed by atoms with Crippen molar-refractivity contribution in [2.45, 2.75) is 232 Å². The van der Waals surface area contributed by atoms with E-state index in [1.807, 2.05) is 24.3 Å². The number of hydrogen-bond acceptors (Lipinski definition) is 6. The number of unbranched alkanes of at least 4 members (excludes halogenated alkanes) is 30. The minimum atomic E-state index is -0.529. The van der Waals surface area contributed by atoms with Crippen LogP contribution >= 0.6 is 0 Å². The Morgan fingerprint density at radius 1 is 0.370 bits per heavy atom. The van der Waals surface area contributed by atoms with E-state index >= 15 is 0 Å². The van der Waals surface area contributed by atoms with Gasteiger partial charge in [-0.25, -0.2) is 0 Å². The van der Waals surface area contributed by atoms with Gasteiger partial charge >= 0.3 is 0 Å². The maximum Gasteiger partial charge on any atom is 0.0945 e. The molecule has 0 heterocycles. The van der Waals surface area contributed by atoms with Crippen LogP contribution in [0.2, 0.25) is 0 Å². The van der Waals surface area contributed by atoms with Crippen molar-refractivity contribution in [1.29, 1.82) is 0 Å². The van der Waals surface area contributed by atoms with Crippen LogP contribution in [0.1, 0.15) is 219 Å². The molecule has 318 valence electrons. The average Bonchev–Trinajstić information content (AvgIpc) is 3.18. The van der Waals surface area contributed by atoms with Crippen molar-refractivity contribution in [2.75, 3.05) is 50.2 Å². The third kappa shape index (κ3) is 36.3. The van der Waals surface area contributed by atoms with Gasteiger partial charge in [-0.3, -0.25) is 0 Å².